The van der Waals surface area contributed by atoms with Crippen LogP contribution in [0.1, 0.15) is 63.5 Å². The number of piperidine rings is 1. The summed E-state index contributed by atoms with van der Waals surface area (Å²) in [4.78, 5) is 12.1. The molecule has 126 valence electrons. The van der Waals surface area contributed by atoms with Gasteiger partial charge in [-0.05, 0) is 70.0 Å². The molecule has 1 aromatic carbocycles. The predicted octanol–water partition coefficient (Wildman–Crippen LogP) is 3.67. The molecule has 2 aliphatic rings. The number of hydrogen-bond donors (Lipinski definition) is 2. The summed E-state index contributed by atoms with van der Waals surface area (Å²) < 4.78 is 5.40. The fourth-order valence-electron chi connectivity index (χ4n) is 3.32. The van der Waals surface area contributed by atoms with Gasteiger partial charge < -0.3 is 15.4 Å². The van der Waals surface area contributed by atoms with E-state index in [-0.39, 0.29) is 11.6 Å². The summed E-state index contributed by atoms with van der Waals surface area (Å²) in [6, 6.07) is 8.80. The van der Waals surface area contributed by atoms with Crippen LogP contribution >= 0.6 is 0 Å². The lowest BCUT2D eigenvalue weighted by Crippen LogP contribution is -2.39. The van der Waals surface area contributed by atoms with Gasteiger partial charge in [0.1, 0.15) is 5.60 Å². The van der Waals surface area contributed by atoms with Crippen molar-refractivity contribution in [3.05, 3.63) is 35.4 Å². The Hall–Kier alpha value is -1.55. The number of rotatable bonds is 3. The van der Waals surface area contributed by atoms with E-state index in [1.54, 1.807) is 0 Å². The van der Waals surface area contributed by atoms with E-state index in [1.165, 1.54) is 24.0 Å². The molecule has 3 rings (SSSR count). The van der Waals surface area contributed by atoms with E-state index in [0.717, 1.165) is 25.9 Å². The maximum Gasteiger partial charge on any atom is 0.408 e. The Balaban J connectivity index is 1.65. The molecule has 4 heteroatoms. The molecule has 1 atom stereocenters. The quantitative estimate of drug-likeness (QED) is 0.894. The minimum Gasteiger partial charge on any atom is -0.444 e. The van der Waals surface area contributed by atoms with Crippen LogP contribution in [0.2, 0.25) is 0 Å². The topological polar surface area (TPSA) is 50.4 Å². The third-order valence-electron chi connectivity index (χ3n) is 4.72. The first kappa shape index (κ1) is 16.3. The third-order valence-corrected chi connectivity index (χ3v) is 4.72. The second-order valence-electron chi connectivity index (χ2n) is 7.87. The number of alkyl carbamates (subject to hydrolysis) is 1. The van der Waals surface area contributed by atoms with E-state index in [9.17, 15) is 4.79 Å². The Morgan fingerprint density at radius 1 is 1.26 bits per heavy atom. The summed E-state index contributed by atoms with van der Waals surface area (Å²) in [5.41, 5.74) is 1.91. The Bertz CT molecular complexity index is 550. The molecular formula is C19H28N2O2. The van der Waals surface area contributed by atoms with Crippen LogP contribution < -0.4 is 10.6 Å². The molecule has 0 bridgehead atoms. The maximum absolute atomic E-state index is 12.1. The summed E-state index contributed by atoms with van der Waals surface area (Å²) in [5.74, 6) is 0.617. The molecule has 1 heterocycles. The maximum atomic E-state index is 12.1. The smallest absolute Gasteiger partial charge is 0.408 e. The van der Waals surface area contributed by atoms with Crippen LogP contribution in [0, 0.1) is 0 Å². The molecule has 1 saturated heterocycles. The van der Waals surface area contributed by atoms with Gasteiger partial charge in [-0.15, -0.1) is 0 Å². The lowest BCUT2D eigenvalue weighted by atomic mass is 9.90. The molecule has 4 nitrogen and oxygen atoms in total. The first-order chi connectivity index (χ1) is 10.9. The SMILES string of the molecule is CC(C)(C)OC(=O)NC1(c2ccc(C3CCCNC3)cc2)CC1. The second kappa shape index (κ2) is 6.16. The van der Waals surface area contributed by atoms with E-state index < -0.39 is 5.60 Å². The number of ether oxygens (including phenoxy) is 1. The molecule has 1 amide bonds. The second-order valence-corrected chi connectivity index (χ2v) is 7.87. The highest BCUT2D eigenvalue weighted by molar-refractivity contribution is 5.70. The Morgan fingerprint density at radius 2 is 1.96 bits per heavy atom. The van der Waals surface area contributed by atoms with E-state index in [1.807, 2.05) is 20.8 Å². The minimum atomic E-state index is -0.460. The fraction of sp³-hybridized carbons (Fsp3) is 0.632. The van der Waals surface area contributed by atoms with Crippen molar-refractivity contribution in [3.8, 4) is 0 Å². The molecule has 23 heavy (non-hydrogen) atoms. The van der Waals surface area contributed by atoms with Crippen molar-refractivity contribution in [2.75, 3.05) is 13.1 Å². The molecular weight excluding hydrogens is 288 g/mol. The number of benzene rings is 1. The molecule has 0 spiro atoms. The number of carbonyl (C=O) groups is 1. The molecule has 1 aliphatic heterocycles. The summed E-state index contributed by atoms with van der Waals surface area (Å²) >= 11 is 0. The van der Waals surface area contributed by atoms with Crippen molar-refractivity contribution in [2.45, 2.75) is 63.5 Å². The third kappa shape index (κ3) is 4.05. The number of hydrogen-bond acceptors (Lipinski definition) is 3. The van der Waals surface area contributed by atoms with Gasteiger partial charge in [-0.2, -0.15) is 0 Å². The number of nitrogens with one attached hydrogen (secondary N) is 2. The lowest BCUT2D eigenvalue weighted by Gasteiger charge is -2.25. The van der Waals surface area contributed by atoms with Crippen LogP contribution in [0.5, 0.6) is 0 Å². The predicted molar refractivity (Wildman–Crippen MR) is 91.6 cm³/mol. The average Bonchev–Trinajstić information content (AvgIpc) is 3.27. The van der Waals surface area contributed by atoms with Crippen LogP contribution in [0.4, 0.5) is 4.79 Å². The first-order valence-corrected chi connectivity index (χ1v) is 8.70. The standard InChI is InChI=1S/C19H28N2O2/c1-18(2,3)23-17(22)21-19(10-11-19)16-8-6-14(7-9-16)15-5-4-12-20-13-15/h6-9,15,20H,4-5,10-13H2,1-3H3,(H,21,22). The van der Waals surface area contributed by atoms with E-state index >= 15 is 0 Å². The van der Waals surface area contributed by atoms with Crippen molar-refractivity contribution < 1.29 is 9.53 Å². The van der Waals surface area contributed by atoms with Gasteiger partial charge in [0.15, 0.2) is 0 Å². The molecule has 1 unspecified atom stereocenters. The lowest BCUT2D eigenvalue weighted by molar-refractivity contribution is 0.0495. The van der Waals surface area contributed by atoms with Gasteiger partial charge in [-0.25, -0.2) is 4.79 Å². The van der Waals surface area contributed by atoms with Gasteiger partial charge in [0, 0.05) is 6.54 Å². The zero-order chi connectivity index (χ0) is 16.5. The van der Waals surface area contributed by atoms with Crippen LogP contribution in [-0.4, -0.2) is 24.8 Å². The zero-order valence-corrected chi connectivity index (χ0v) is 14.4. The van der Waals surface area contributed by atoms with E-state index in [0.29, 0.717) is 5.92 Å². The van der Waals surface area contributed by atoms with Crippen molar-refractivity contribution >= 4 is 6.09 Å². The number of amides is 1. The summed E-state index contributed by atoms with van der Waals surface area (Å²) in [7, 11) is 0. The van der Waals surface area contributed by atoms with Crippen LogP contribution in [0.3, 0.4) is 0 Å². The molecule has 1 aliphatic carbocycles. The monoisotopic (exact) mass is 316 g/mol. The van der Waals surface area contributed by atoms with Crippen LogP contribution in [0.15, 0.2) is 24.3 Å². The molecule has 2 fully saturated rings. The summed E-state index contributed by atoms with van der Waals surface area (Å²) in [6.45, 7) is 7.87. The Morgan fingerprint density at radius 3 is 2.48 bits per heavy atom. The van der Waals surface area contributed by atoms with Gasteiger partial charge in [0.25, 0.3) is 0 Å². The first-order valence-electron chi connectivity index (χ1n) is 8.70. The Kier molecular flexibility index (Phi) is 4.37. The number of carbonyl (C=O) groups excluding carboxylic acids is 1. The van der Waals surface area contributed by atoms with Crippen molar-refractivity contribution in [1.29, 1.82) is 0 Å². The zero-order valence-electron chi connectivity index (χ0n) is 14.4. The molecule has 2 N–H and O–H groups in total. The van der Waals surface area contributed by atoms with E-state index in [4.69, 9.17) is 4.74 Å². The largest absolute Gasteiger partial charge is 0.444 e. The van der Waals surface area contributed by atoms with Gasteiger partial charge in [0.2, 0.25) is 0 Å². The highest BCUT2D eigenvalue weighted by Gasteiger charge is 2.46. The van der Waals surface area contributed by atoms with Gasteiger partial charge in [-0.3, -0.25) is 0 Å². The highest BCUT2D eigenvalue weighted by atomic mass is 16.6. The molecule has 0 radical (unpaired) electrons. The normalized spacial score (nSPS) is 23.2. The fourth-order valence-corrected chi connectivity index (χ4v) is 3.32. The Labute approximate surface area is 139 Å². The molecule has 1 saturated carbocycles. The summed E-state index contributed by atoms with van der Waals surface area (Å²) in [5, 5.41) is 6.53. The van der Waals surface area contributed by atoms with Crippen molar-refractivity contribution in [3.63, 3.8) is 0 Å². The van der Waals surface area contributed by atoms with Crippen molar-refractivity contribution in [1.82, 2.24) is 10.6 Å². The average molecular weight is 316 g/mol. The molecule has 1 aromatic rings. The van der Waals surface area contributed by atoms with Crippen molar-refractivity contribution in [2.24, 2.45) is 0 Å². The minimum absolute atomic E-state index is 0.217. The van der Waals surface area contributed by atoms with Crippen LogP contribution in [0.25, 0.3) is 0 Å². The van der Waals surface area contributed by atoms with Crippen LogP contribution in [-0.2, 0) is 10.3 Å². The molecule has 0 aromatic heterocycles. The van der Waals surface area contributed by atoms with Gasteiger partial charge in [0.05, 0.1) is 5.54 Å². The highest BCUT2D eigenvalue weighted by Crippen LogP contribution is 2.46. The van der Waals surface area contributed by atoms with Gasteiger partial charge in [-0.1, -0.05) is 24.3 Å². The van der Waals surface area contributed by atoms with E-state index in [2.05, 4.69) is 34.9 Å². The summed E-state index contributed by atoms with van der Waals surface area (Å²) in [6.07, 6.45) is 4.15. The van der Waals surface area contributed by atoms with Gasteiger partial charge >= 0.3 is 6.09 Å².